The molecule has 0 aromatic heterocycles. The molecule has 0 N–H and O–H groups in total. The van der Waals surface area contributed by atoms with E-state index in [4.69, 9.17) is 0 Å². The molecule has 0 aromatic carbocycles. The molecular formula is C8H12O3S. The predicted octanol–water partition coefficient (Wildman–Crippen LogP) is 0.870. The Labute approximate surface area is 75.8 Å². The van der Waals surface area contributed by atoms with Crippen molar-refractivity contribution < 1.29 is 14.3 Å². The van der Waals surface area contributed by atoms with Crippen LogP contribution in [0.4, 0.5) is 0 Å². The van der Waals surface area contributed by atoms with E-state index in [1.54, 1.807) is 0 Å². The molecule has 1 aliphatic heterocycles. The number of Topliss-reactive ketones (excluding diaryl/α,β-unsaturated/α-hetero) is 1. The summed E-state index contributed by atoms with van der Waals surface area (Å²) >= 11 is 1.38. The minimum Gasteiger partial charge on any atom is -0.468 e. The van der Waals surface area contributed by atoms with Crippen molar-refractivity contribution in [3.05, 3.63) is 0 Å². The Kier molecular flexibility index (Phi) is 3.14. The van der Waals surface area contributed by atoms with Crippen molar-refractivity contribution in [3.63, 3.8) is 0 Å². The molecule has 0 aliphatic carbocycles. The van der Waals surface area contributed by atoms with Crippen LogP contribution < -0.4 is 0 Å². The van der Waals surface area contributed by atoms with Gasteiger partial charge in [-0.1, -0.05) is 6.92 Å². The Morgan fingerprint density at radius 1 is 1.67 bits per heavy atom. The Morgan fingerprint density at radius 2 is 2.33 bits per heavy atom. The van der Waals surface area contributed by atoms with Gasteiger partial charge in [-0.05, 0) is 12.2 Å². The van der Waals surface area contributed by atoms with E-state index in [0.29, 0.717) is 0 Å². The second-order valence-corrected chi connectivity index (χ2v) is 4.08. The van der Waals surface area contributed by atoms with Crippen LogP contribution in [0.5, 0.6) is 0 Å². The van der Waals surface area contributed by atoms with Crippen LogP contribution in [0.15, 0.2) is 0 Å². The molecule has 68 valence electrons. The molecule has 12 heavy (non-hydrogen) atoms. The van der Waals surface area contributed by atoms with Crippen molar-refractivity contribution in [2.45, 2.75) is 18.6 Å². The number of methoxy groups -OCH3 is 1. The molecule has 1 heterocycles. The highest BCUT2D eigenvalue weighted by Gasteiger charge is 2.34. The van der Waals surface area contributed by atoms with Gasteiger partial charge in [-0.3, -0.25) is 9.59 Å². The molecule has 1 fully saturated rings. The number of rotatable bonds is 1. The van der Waals surface area contributed by atoms with Gasteiger partial charge in [0.05, 0.1) is 7.11 Å². The molecule has 0 saturated carbocycles. The van der Waals surface area contributed by atoms with Gasteiger partial charge in [0.25, 0.3) is 0 Å². The largest absolute Gasteiger partial charge is 0.468 e. The second-order valence-electron chi connectivity index (χ2n) is 2.87. The van der Waals surface area contributed by atoms with E-state index < -0.39 is 11.2 Å². The van der Waals surface area contributed by atoms with Crippen LogP contribution in [-0.2, 0) is 14.3 Å². The molecule has 0 aromatic rings. The standard InChI is InChI=1S/C8H12O3S/c1-5-3-4-12-7(6(5)9)8(10)11-2/h5,7H,3-4H2,1-2H3. The van der Waals surface area contributed by atoms with Crippen molar-refractivity contribution in [1.82, 2.24) is 0 Å². The number of hydrogen-bond donors (Lipinski definition) is 0. The Balaban J connectivity index is 2.64. The predicted molar refractivity (Wildman–Crippen MR) is 47.1 cm³/mol. The summed E-state index contributed by atoms with van der Waals surface area (Å²) in [7, 11) is 1.31. The first kappa shape index (κ1) is 9.58. The van der Waals surface area contributed by atoms with Gasteiger partial charge in [0.1, 0.15) is 0 Å². The summed E-state index contributed by atoms with van der Waals surface area (Å²) in [4.78, 5) is 22.5. The summed E-state index contributed by atoms with van der Waals surface area (Å²) in [5.74, 6) is 0.483. The number of ketones is 1. The maximum atomic E-state index is 11.4. The summed E-state index contributed by atoms with van der Waals surface area (Å²) in [5, 5.41) is -0.571. The van der Waals surface area contributed by atoms with Crippen molar-refractivity contribution in [2.75, 3.05) is 12.9 Å². The minimum atomic E-state index is -0.571. The van der Waals surface area contributed by atoms with Gasteiger partial charge in [-0.15, -0.1) is 11.8 Å². The summed E-state index contributed by atoms with van der Waals surface area (Å²) in [6, 6.07) is 0. The summed E-state index contributed by atoms with van der Waals surface area (Å²) < 4.78 is 4.53. The van der Waals surface area contributed by atoms with Crippen LogP contribution in [0, 0.1) is 5.92 Å². The van der Waals surface area contributed by atoms with Crippen LogP contribution >= 0.6 is 11.8 Å². The third-order valence-corrected chi connectivity index (χ3v) is 3.22. The highest BCUT2D eigenvalue weighted by Crippen LogP contribution is 2.26. The van der Waals surface area contributed by atoms with Crippen molar-refractivity contribution in [2.24, 2.45) is 5.92 Å². The number of ether oxygens (including phenoxy) is 1. The molecule has 1 saturated heterocycles. The molecule has 0 radical (unpaired) electrons. The summed E-state index contributed by atoms with van der Waals surface area (Å²) in [5.41, 5.74) is 0. The van der Waals surface area contributed by atoms with Crippen LogP contribution in [0.2, 0.25) is 0 Å². The van der Waals surface area contributed by atoms with E-state index in [9.17, 15) is 9.59 Å². The van der Waals surface area contributed by atoms with Gasteiger partial charge >= 0.3 is 5.97 Å². The third-order valence-electron chi connectivity index (χ3n) is 1.99. The lowest BCUT2D eigenvalue weighted by Gasteiger charge is -2.22. The lowest BCUT2D eigenvalue weighted by molar-refractivity contribution is -0.143. The molecular weight excluding hydrogens is 176 g/mol. The SMILES string of the molecule is COC(=O)C1SCCC(C)C1=O. The van der Waals surface area contributed by atoms with E-state index in [-0.39, 0.29) is 11.7 Å². The summed E-state index contributed by atoms with van der Waals surface area (Å²) in [6.07, 6.45) is 0.872. The van der Waals surface area contributed by atoms with Gasteiger partial charge in [0.15, 0.2) is 11.0 Å². The van der Waals surface area contributed by atoms with E-state index in [2.05, 4.69) is 4.74 Å². The maximum Gasteiger partial charge on any atom is 0.326 e. The quantitative estimate of drug-likeness (QED) is 0.452. The Bertz CT molecular complexity index is 202. The fourth-order valence-corrected chi connectivity index (χ4v) is 2.49. The zero-order valence-corrected chi connectivity index (χ0v) is 8.02. The highest BCUT2D eigenvalue weighted by molar-refractivity contribution is 8.01. The number of hydrogen-bond acceptors (Lipinski definition) is 4. The van der Waals surface area contributed by atoms with Gasteiger partial charge in [-0.25, -0.2) is 0 Å². The first-order valence-electron chi connectivity index (χ1n) is 3.90. The first-order valence-corrected chi connectivity index (χ1v) is 4.95. The van der Waals surface area contributed by atoms with Gasteiger partial charge in [0, 0.05) is 5.92 Å². The third kappa shape index (κ3) is 1.80. The van der Waals surface area contributed by atoms with Crippen molar-refractivity contribution >= 4 is 23.5 Å². The van der Waals surface area contributed by atoms with Gasteiger partial charge in [0.2, 0.25) is 0 Å². The number of esters is 1. The molecule has 1 rings (SSSR count). The number of thioether (sulfide) groups is 1. The van der Waals surface area contributed by atoms with E-state index >= 15 is 0 Å². The smallest absolute Gasteiger partial charge is 0.326 e. The average Bonchev–Trinajstić information content (AvgIpc) is 2.08. The monoisotopic (exact) mass is 188 g/mol. The lowest BCUT2D eigenvalue weighted by atomic mass is 10.0. The van der Waals surface area contributed by atoms with Crippen LogP contribution in [-0.4, -0.2) is 29.9 Å². The Morgan fingerprint density at radius 3 is 2.92 bits per heavy atom. The molecule has 0 bridgehead atoms. The average molecular weight is 188 g/mol. The fraction of sp³-hybridized carbons (Fsp3) is 0.750. The number of carbonyl (C=O) groups is 2. The maximum absolute atomic E-state index is 11.4. The van der Waals surface area contributed by atoms with Crippen LogP contribution in [0.3, 0.4) is 0 Å². The van der Waals surface area contributed by atoms with Gasteiger partial charge < -0.3 is 4.74 Å². The zero-order chi connectivity index (χ0) is 9.14. The molecule has 2 atom stereocenters. The first-order chi connectivity index (χ1) is 5.66. The topological polar surface area (TPSA) is 43.4 Å². The highest BCUT2D eigenvalue weighted by atomic mass is 32.2. The van der Waals surface area contributed by atoms with E-state index in [1.807, 2.05) is 6.92 Å². The molecule has 2 unspecified atom stereocenters. The molecule has 0 spiro atoms. The molecule has 4 heteroatoms. The second kappa shape index (κ2) is 3.94. The zero-order valence-electron chi connectivity index (χ0n) is 7.20. The van der Waals surface area contributed by atoms with E-state index in [0.717, 1.165) is 12.2 Å². The molecule has 1 aliphatic rings. The van der Waals surface area contributed by atoms with E-state index in [1.165, 1.54) is 18.9 Å². The molecule has 3 nitrogen and oxygen atoms in total. The number of carbonyl (C=O) groups excluding carboxylic acids is 2. The Hall–Kier alpha value is -0.510. The fourth-order valence-electron chi connectivity index (χ4n) is 1.14. The van der Waals surface area contributed by atoms with Crippen molar-refractivity contribution in [1.29, 1.82) is 0 Å². The summed E-state index contributed by atoms with van der Waals surface area (Å²) in [6.45, 7) is 1.86. The van der Waals surface area contributed by atoms with Gasteiger partial charge in [-0.2, -0.15) is 0 Å². The normalized spacial score (nSPS) is 30.0. The molecule has 0 amide bonds. The minimum absolute atomic E-state index is 0.00958. The van der Waals surface area contributed by atoms with Crippen LogP contribution in [0.25, 0.3) is 0 Å². The van der Waals surface area contributed by atoms with Crippen LogP contribution in [0.1, 0.15) is 13.3 Å². The van der Waals surface area contributed by atoms with Crippen molar-refractivity contribution in [3.8, 4) is 0 Å². The lowest BCUT2D eigenvalue weighted by Crippen LogP contribution is -2.36.